The molecule has 1 heterocycles. The fourth-order valence-corrected chi connectivity index (χ4v) is 2.16. The van der Waals surface area contributed by atoms with E-state index in [1.54, 1.807) is 6.92 Å². The molecule has 7 heteroatoms. The molecule has 1 unspecified atom stereocenters. The van der Waals surface area contributed by atoms with Crippen LogP contribution in [0.5, 0.6) is 5.75 Å². The molecule has 6 nitrogen and oxygen atoms in total. The molecular weight excluding hydrogens is 279 g/mol. The summed E-state index contributed by atoms with van der Waals surface area (Å²) in [5.41, 5.74) is 0.374. The molecule has 1 saturated heterocycles. The minimum Gasteiger partial charge on any atom is -0.494 e. The lowest BCUT2D eigenvalue weighted by Gasteiger charge is -2.41. The Morgan fingerprint density at radius 2 is 2.14 bits per heavy atom. The summed E-state index contributed by atoms with van der Waals surface area (Å²) in [6.45, 7) is 2.41. The summed E-state index contributed by atoms with van der Waals surface area (Å²) < 4.78 is 18.1. The maximum absolute atomic E-state index is 13.1. The second-order valence-corrected chi connectivity index (χ2v) is 5.07. The molecule has 2 N–H and O–H groups in total. The first-order valence-electron chi connectivity index (χ1n) is 6.54. The Bertz CT molecular complexity index is 558. The molecule has 21 heavy (non-hydrogen) atoms. The summed E-state index contributed by atoms with van der Waals surface area (Å²) in [4.78, 5) is 24.4. The van der Waals surface area contributed by atoms with Gasteiger partial charge in [0.2, 0.25) is 0 Å². The van der Waals surface area contributed by atoms with Crippen molar-refractivity contribution in [2.45, 2.75) is 6.92 Å². The fraction of sp³-hybridized carbons (Fsp3) is 0.429. The SMILES string of the molecule is COc1cc(F)ccc1NC(=O)N1CC(C(C)C(=O)O)C1. The summed E-state index contributed by atoms with van der Waals surface area (Å²) in [5, 5.41) is 11.5. The number of nitrogens with one attached hydrogen (secondary N) is 1. The molecule has 0 radical (unpaired) electrons. The van der Waals surface area contributed by atoms with Crippen LogP contribution in [0.3, 0.4) is 0 Å². The van der Waals surface area contributed by atoms with Gasteiger partial charge in [0, 0.05) is 25.1 Å². The highest BCUT2D eigenvalue weighted by Crippen LogP contribution is 2.28. The topological polar surface area (TPSA) is 78.9 Å². The second-order valence-electron chi connectivity index (χ2n) is 5.07. The van der Waals surface area contributed by atoms with Crippen molar-refractivity contribution < 1.29 is 23.8 Å². The number of carboxylic acids is 1. The Morgan fingerprint density at radius 3 is 2.71 bits per heavy atom. The number of benzene rings is 1. The van der Waals surface area contributed by atoms with Gasteiger partial charge in [0.1, 0.15) is 11.6 Å². The zero-order valence-corrected chi connectivity index (χ0v) is 11.8. The van der Waals surface area contributed by atoms with E-state index >= 15 is 0 Å². The minimum atomic E-state index is -0.861. The van der Waals surface area contributed by atoms with Crippen molar-refractivity contribution in [3.8, 4) is 5.75 Å². The molecule has 2 rings (SSSR count). The maximum Gasteiger partial charge on any atom is 0.321 e. The van der Waals surface area contributed by atoms with Gasteiger partial charge in [-0.2, -0.15) is 0 Å². The first kappa shape index (κ1) is 15.1. The molecule has 1 aromatic rings. The van der Waals surface area contributed by atoms with Gasteiger partial charge in [-0.3, -0.25) is 4.79 Å². The van der Waals surface area contributed by atoms with E-state index in [-0.39, 0.29) is 17.7 Å². The lowest BCUT2D eigenvalue weighted by Crippen LogP contribution is -2.54. The highest BCUT2D eigenvalue weighted by atomic mass is 19.1. The van der Waals surface area contributed by atoms with Gasteiger partial charge in [0.05, 0.1) is 18.7 Å². The van der Waals surface area contributed by atoms with Crippen molar-refractivity contribution >= 4 is 17.7 Å². The van der Waals surface area contributed by atoms with Crippen LogP contribution in [0.4, 0.5) is 14.9 Å². The molecule has 2 amide bonds. The number of ether oxygens (including phenoxy) is 1. The van der Waals surface area contributed by atoms with Crippen molar-refractivity contribution in [3.63, 3.8) is 0 Å². The van der Waals surface area contributed by atoms with Crippen LogP contribution in [0.1, 0.15) is 6.92 Å². The second kappa shape index (κ2) is 5.99. The molecule has 114 valence electrons. The number of carboxylic acid groups (broad SMARTS) is 1. The van der Waals surface area contributed by atoms with Gasteiger partial charge in [-0.15, -0.1) is 0 Å². The number of methoxy groups -OCH3 is 1. The fourth-order valence-electron chi connectivity index (χ4n) is 2.16. The molecule has 1 aliphatic heterocycles. The first-order valence-corrected chi connectivity index (χ1v) is 6.54. The number of hydrogen-bond donors (Lipinski definition) is 2. The third kappa shape index (κ3) is 3.24. The van der Waals surface area contributed by atoms with Crippen LogP contribution >= 0.6 is 0 Å². The Hall–Kier alpha value is -2.31. The summed E-state index contributed by atoms with van der Waals surface area (Å²) in [6, 6.07) is 3.47. The summed E-state index contributed by atoms with van der Waals surface area (Å²) in [7, 11) is 1.39. The predicted octanol–water partition coefficient (Wildman–Crippen LogP) is 2.02. The molecule has 0 aliphatic carbocycles. The molecule has 1 fully saturated rings. The average molecular weight is 296 g/mol. The Labute approximate surface area is 121 Å². The van der Waals surface area contributed by atoms with Crippen LogP contribution in [0.25, 0.3) is 0 Å². The summed E-state index contributed by atoms with van der Waals surface area (Å²) in [6.07, 6.45) is 0. The maximum atomic E-state index is 13.1. The van der Waals surface area contributed by atoms with Gasteiger partial charge in [-0.25, -0.2) is 9.18 Å². The number of hydrogen-bond acceptors (Lipinski definition) is 3. The number of nitrogens with zero attached hydrogens (tertiary/aromatic N) is 1. The molecule has 1 atom stereocenters. The number of urea groups is 1. The van der Waals surface area contributed by atoms with Gasteiger partial charge >= 0.3 is 12.0 Å². The molecule has 0 bridgehead atoms. The zero-order chi connectivity index (χ0) is 15.6. The molecule has 1 aliphatic rings. The molecule has 0 saturated carbocycles. The van der Waals surface area contributed by atoms with Crippen molar-refractivity contribution in [1.29, 1.82) is 0 Å². The summed E-state index contributed by atoms with van der Waals surface area (Å²) >= 11 is 0. The van der Waals surface area contributed by atoms with Gasteiger partial charge in [-0.05, 0) is 12.1 Å². The number of aliphatic carboxylic acids is 1. The van der Waals surface area contributed by atoms with E-state index in [1.807, 2.05) is 0 Å². The zero-order valence-electron chi connectivity index (χ0n) is 11.8. The van der Waals surface area contributed by atoms with Crippen LogP contribution in [0, 0.1) is 17.7 Å². The van der Waals surface area contributed by atoms with Crippen LogP contribution in [-0.4, -0.2) is 42.2 Å². The third-order valence-electron chi connectivity index (χ3n) is 3.70. The standard InChI is InChI=1S/C14H17FN2O4/c1-8(13(18)19)9-6-17(7-9)14(20)16-11-4-3-10(15)5-12(11)21-2/h3-5,8-9H,6-7H2,1-2H3,(H,16,20)(H,18,19). The highest BCUT2D eigenvalue weighted by molar-refractivity contribution is 5.91. The number of amides is 2. The monoisotopic (exact) mass is 296 g/mol. The van der Waals surface area contributed by atoms with E-state index in [2.05, 4.69) is 5.32 Å². The first-order chi connectivity index (χ1) is 9.92. The van der Waals surface area contributed by atoms with E-state index in [9.17, 15) is 14.0 Å². The third-order valence-corrected chi connectivity index (χ3v) is 3.70. The number of rotatable bonds is 4. The smallest absolute Gasteiger partial charge is 0.321 e. The molecule has 0 aromatic heterocycles. The number of likely N-dealkylation sites (tertiary alicyclic amines) is 1. The summed E-state index contributed by atoms with van der Waals surface area (Å²) in [5.74, 6) is -1.60. The van der Waals surface area contributed by atoms with Gasteiger partial charge in [0.15, 0.2) is 0 Å². The van der Waals surface area contributed by atoms with Crippen LogP contribution in [0.15, 0.2) is 18.2 Å². The van der Waals surface area contributed by atoms with Gasteiger partial charge in [-0.1, -0.05) is 6.92 Å². The van der Waals surface area contributed by atoms with E-state index < -0.39 is 17.7 Å². The van der Waals surface area contributed by atoms with E-state index in [0.717, 1.165) is 0 Å². The number of anilines is 1. The minimum absolute atomic E-state index is 0.0386. The predicted molar refractivity (Wildman–Crippen MR) is 73.8 cm³/mol. The lowest BCUT2D eigenvalue weighted by molar-refractivity contribution is -0.144. The molecule has 0 spiro atoms. The quantitative estimate of drug-likeness (QED) is 0.891. The number of carbonyl (C=O) groups is 2. The van der Waals surface area contributed by atoms with Crippen molar-refractivity contribution in [2.75, 3.05) is 25.5 Å². The van der Waals surface area contributed by atoms with Gasteiger partial charge < -0.3 is 20.1 Å². The Balaban J connectivity index is 1.94. The van der Waals surface area contributed by atoms with E-state index in [0.29, 0.717) is 18.8 Å². The van der Waals surface area contributed by atoms with Crippen molar-refractivity contribution in [1.82, 2.24) is 4.90 Å². The normalized spacial score (nSPS) is 16.0. The Morgan fingerprint density at radius 1 is 1.48 bits per heavy atom. The van der Waals surface area contributed by atoms with Crippen LogP contribution in [-0.2, 0) is 4.79 Å². The number of carbonyl (C=O) groups excluding carboxylic acids is 1. The van der Waals surface area contributed by atoms with Gasteiger partial charge in [0.25, 0.3) is 0 Å². The molecule has 1 aromatic carbocycles. The highest BCUT2D eigenvalue weighted by Gasteiger charge is 2.37. The lowest BCUT2D eigenvalue weighted by atomic mass is 9.87. The Kier molecular flexibility index (Phi) is 4.30. The van der Waals surface area contributed by atoms with Crippen molar-refractivity contribution in [2.24, 2.45) is 11.8 Å². The van der Waals surface area contributed by atoms with Crippen LogP contribution < -0.4 is 10.1 Å². The number of halogens is 1. The average Bonchev–Trinajstić information content (AvgIpc) is 2.38. The van der Waals surface area contributed by atoms with E-state index in [4.69, 9.17) is 9.84 Å². The largest absolute Gasteiger partial charge is 0.494 e. The van der Waals surface area contributed by atoms with Crippen LogP contribution in [0.2, 0.25) is 0 Å². The molecular formula is C14H17FN2O4. The van der Waals surface area contributed by atoms with Crippen molar-refractivity contribution in [3.05, 3.63) is 24.0 Å². The van der Waals surface area contributed by atoms with E-state index in [1.165, 1.54) is 30.2 Å².